The normalized spacial score (nSPS) is 23.1. The summed E-state index contributed by atoms with van der Waals surface area (Å²) in [6.07, 6.45) is 1.99. The Hall–Kier alpha value is -2.18. The molecule has 7 heteroatoms. The van der Waals surface area contributed by atoms with Crippen LogP contribution in [0.5, 0.6) is 0 Å². The van der Waals surface area contributed by atoms with Crippen molar-refractivity contribution >= 4 is 17.5 Å². The molecule has 0 aliphatic carbocycles. The van der Waals surface area contributed by atoms with Gasteiger partial charge >= 0.3 is 11.8 Å². The number of carbonyl (C=O) groups is 1. The molecule has 96 valence electrons. The number of carboxylic acid groups (broad SMARTS) is 1. The molecule has 1 fully saturated rings. The van der Waals surface area contributed by atoms with Crippen LogP contribution in [0.1, 0.15) is 13.3 Å². The molecule has 1 aromatic rings. The van der Waals surface area contributed by atoms with Gasteiger partial charge in [0.05, 0.1) is 11.6 Å². The molecule has 0 amide bonds. The highest BCUT2D eigenvalue weighted by Gasteiger charge is 2.36. The van der Waals surface area contributed by atoms with Crippen LogP contribution < -0.4 is 4.90 Å². The lowest BCUT2D eigenvalue weighted by Gasteiger charge is -2.24. The van der Waals surface area contributed by atoms with Crippen LogP contribution in [0.3, 0.4) is 0 Å². The predicted octanol–water partition coefficient (Wildman–Crippen LogP) is 1.29. The summed E-state index contributed by atoms with van der Waals surface area (Å²) in [5.74, 6) is -1.42. The summed E-state index contributed by atoms with van der Waals surface area (Å²) in [6.45, 7) is 2.46. The van der Waals surface area contributed by atoms with Crippen LogP contribution in [0, 0.1) is 16.0 Å². The van der Waals surface area contributed by atoms with E-state index in [9.17, 15) is 14.9 Å². The highest BCUT2D eigenvalue weighted by atomic mass is 16.6. The maximum atomic E-state index is 11.0. The standard InChI is InChI=1S/C11H13N3O4/c1-7-9(11(15)16)4-5-13(7)8-2-3-10(12-6-8)14(17)18/h2-3,6-7,9H,4-5H2,1H3,(H,15,16). The smallest absolute Gasteiger partial charge is 0.363 e. The molecule has 1 N–H and O–H groups in total. The lowest BCUT2D eigenvalue weighted by molar-refractivity contribution is -0.389. The van der Waals surface area contributed by atoms with Crippen molar-refractivity contribution in [2.75, 3.05) is 11.4 Å². The van der Waals surface area contributed by atoms with Crippen molar-refractivity contribution in [1.29, 1.82) is 0 Å². The van der Waals surface area contributed by atoms with E-state index in [1.807, 2.05) is 11.8 Å². The van der Waals surface area contributed by atoms with Crippen molar-refractivity contribution in [1.82, 2.24) is 4.98 Å². The van der Waals surface area contributed by atoms with Crippen LogP contribution in [0.25, 0.3) is 0 Å². The Morgan fingerprint density at radius 3 is 2.78 bits per heavy atom. The molecule has 0 bridgehead atoms. The Morgan fingerprint density at radius 2 is 2.33 bits per heavy atom. The number of anilines is 1. The van der Waals surface area contributed by atoms with Crippen molar-refractivity contribution in [2.24, 2.45) is 5.92 Å². The topological polar surface area (TPSA) is 96.6 Å². The van der Waals surface area contributed by atoms with Gasteiger partial charge in [0.25, 0.3) is 0 Å². The van der Waals surface area contributed by atoms with Crippen molar-refractivity contribution in [3.8, 4) is 0 Å². The first kappa shape index (κ1) is 12.3. The van der Waals surface area contributed by atoms with Crippen LogP contribution >= 0.6 is 0 Å². The molecular weight excluding hydrogens is 238 g/mol. The Labute approximate surface area is 103 Å². The van der Waals surface area contributed by atoms with E-state index < -0.39 is 16.8 Å². The van der Waals surface area contributed by atoms with E-state index in [1.165, 1.54) is 12.3 Å². The number of nitrogens with zero attached hydrogens (tertiary/aromatic N) is 3. The third-order valence-electron chi connectivity index (χ3n) is 3.32. The van der Waals surface area contributed by atoms with Gasteiger partial charge in [0.15, 0.2) is 6.20 Å². The average molecular weight is 251 g/mol. The molecule has 7 nitrogen and oxygen atoms in total. The predicted molar refractivity (Wildman–Crippen MR) is 63.4 cm³/mol. The molecule has 2 atom stereocenters. The molecule has 1 aromatic heterocycles. The number of hydrogen-bond acceptors (Lipinski definition) is 5. The number of hydrogen-bond donors (Lipinski definition) is 1. The maximum absolute atomic E-state index is 11.0. The zero-order valence-corrected chi connectivity index (χ0v) is 9.81. The Bertz CT molecular complexity index is 474. The fourth-order valence-electron chi connectivity index (χ4n) is 2.29. The van der Waals surface area contributed by atoms with E-state index in [4.69, 9.17) is 5.11 Å². The van der Waals surface area contributed by atoms with E-state index in [0.29, 0.717) is 13.0 Å². The molecule has 0 spiro atoms. The first-order valence-corrected chi connectivity index (χ1v) is 5.60. The van der Waals surface area contributed by atoms with Gasteiger partial charge in [-0.15, -0.1) is 0 Å². The molecule has 0 radical (unpaired) electrons. The zero-order valence-electron chi connectivity index (χ0n) is 9.81. The minimum Gasteiger partial charge on any atom is -0.481 e. The van der Waals surface area contributed by atoms with Crippen LogP contribution in [-0.4, -0.2) is 33.6 Å². The largest absolute Gasteiger partial charge is 0.481 e. The summed E-state index contributed by atoms with van der Waals surface area (Å²) in [5.41, 5.74) is 0.719. The average Bonchev–Trinajstić information content (AvgIpc) is 2.71. The molecule has 0 aromatic carbocycles. The number of rotatable bonds is 3. The fourth-order valence-corrected chi connectivity index (χ4v) is 2.29. The maximum Gasteiger partial charge on any atom is 0.363 e. The second-order valence-electron chi connectivity index (χ2n) is 4.30. The summed E-state index contributed by atoms with van der Waals surface area (Å²) in [7, 11) is 0. The lowest BCUT2D eigenvalue weighted by atomic mass is 10.0. The quantitative estimate of drug-likeness (QED) is 0.642. The summed E-state index contributed by atoms with van der Waals surface area (Å²) in [4.78, 5) is 26.6. The fraction of sp³-hybridized carbons (Fsp3) is 0.455. The Kier molecular flexibility index (Phi) is 3.14. The Morgan fingerprint density at radius 1 is 1.61 bits per heavy atom. The van der Waals surface area contributed by atoms with Gasteiger partial charge in [0, 0.05) is 18.7 Å². The molecule has 1 aliphatic heterocycles. The molecule has 2 unspecified atom stereocenters. The van der Waals surface area contributed by atoms with Gasteiger partial charge in [-0.1, -0.05) is 0 Å². The zero-order chi connectivity index (χ0) is 13.3. The lowest BCUT2D eigenvalue weighted by Crippen LogP contribution is -2.32. The molecule has 18 heavy (non-hydrogen) atoms. The molecule has 2 heterocycles. The van der Waals surface area contributed by atoms with Gasteiger partial charge in [0.1, 0.15) is 0 Å². The Balaban J connectivity index is 2.18. The van der Waals surface area contributed by atoms with E-state index in [0.717, 1.165) is 5.69 Å². The molecule has 0 saturated carbocycles. The van der Waals surface area contributed by atoms with Crippen LogP contribution in [0.4, 0.5) is 11.5 Å². The summed E-state index contributed by atoms with van der Waals surface area (Å²) in [5, 5.41) is 19.5. The molecule has 1 saturated heterocycles. The highest BCUT2D eigenvalue weighted by Crippen LogP contribution is 2.29. The van der Waals surface area contributed by atoms with Gasteiger partial charge in [-0.3, -0.25) is 4.79 Å². The number of aromatic nitrogens is 1. The van der Waals surface area contributed by atoms with E-state index >= 15 is 0 Å². The number of nitro groups is 1. The van der Waals surface area contributed by atoms with Gasteiger partial charge in [-0.2, -0.15) is 0 Å². The van der Waals surface area contributed by atoms with E-state index in [2.05, 4.69) is 4.98 Å². The second-order valence-corrected chi connectivity index (χ2v) is 4.30. The molecular formula is C11H13N3O4. The third kappa shape index (κ3) is 2.11. The highest BCUT2D eigenvalue weighted by molar-refractivity contribution is 5.73. The van der Waals surface area contributed by atoms with Gasteiger partial charge < -0.3 is 20.1 Å². The van der Waals surface area contributed by atoms with Crippen LogP contribution in [-0.2, 0) is 4.79 Å². The third-order valence-corrected chi connectivity index (χ3v) is 3.32. The van der Waals surface area contributed by atoms with Crippen molar-refractivity contribution < 1.29 is 14.8 Å². The SMILES string of the molecule is CC1C(C(=O)O)CCN1c1ccc([N+](=O)[O-])nc1. The van der Waals surface area contributed by atoms with Gasteiger partial charge in [0.2, 0.25) is 0 Å². The first-order chi connectivity index (χ1) is 8.50. The van der Waals surface area contributed by atoms with Gasteiger partial charge in [-0.25, -0.2) is 0 Å². The monoisotopic (exact) mass is 251 g/mol. The number of aliphatic carboxylic acids is 1. The summed E-state index contributed by atoms with van der Waals surface area (Å²) >= 11 is 0. The minimum absolute atomic E-state index is 0.134. The van der Waals surface area contributed by atoms with Crippen molar-refractivity contribution in [3.63, 3.8) is 0 Å². The van der Waals surface area contributed by atoms with Crippen molar-refractivity contribution in [2.45, 2.75) is 19.4 Å². The number of pyridine rings is 1. The minimum atomic E-state index is -0.806. The van der Waals surface area contributed by atoms with Gasteiger partial charge in [-0.05, 0) is 29.3 Å². The van der Waals surface area contributed by atoms with E-state index in [1.54, 1.807) is 6.07 Å². The van der Waals surface area contributed by atoms with Crippen LogP contribution in [0.2, 0.25) is 0 Å². The second kappa shape index (κ2) is 4.59. The molecule has 1 aliphatic rings. The van der Waals surface area contributed by atoms with Crippen molar-refractivity contribution in [3.05, 3.63) is 28.4 Å². The summed E-state index contributed by atoms with van der Waals surface area (Å²) < 4.78 is 0. The first-order valence-electron chi connectivity index (χ1n) is 5.60. The van der Waals surface area contributed by atoms with Crippen LogP contribution in [0.15, 0.2) is 18.3 Å². The summed E-state index contributed by atoms with van der Waals surface area (Å²) in [6, 6.07) is 2.80. The number of carboxylic acids is 1. The molecule has 2 rings (SSSR count). The van der Waals surface area contributed by atoms with E-state index in [-0.39, 0.29) is 11.9 Å².